The summed E-state index contributed by atoms with van der Waals surface area (Å²) in [5.41, 5.74) is 0.504. The summed E-state index contributed by atoms with van der Waals surface area (Å²) in [7, 11) is -4.01. The summed E-state index contributed by atoms with van der Waals surface area (Å²) in [4.78, 5) is 9.82. The van der Waals surface area contributed by atoms with Gasteiger partial charge in [-0.05, 0) is 43.2 Å². The van der Waals surface area contributed by atoms with Gasteiger partial charge in [-0.2, -0.15) is 0 Å². The molecule has 0 aliphatic heterocycles. The van der Waals surface area contributed by atoms with Crippen molar-refractivity contribution in [3.8, 4) is 5.75 Å². The Balaban J connectivity index is 1.93. The van der Waals surface area contributed by atoms with E-state index in [0.717, 1.165) is 17.7 Å². The van der Waals surface area contributed by atoms with Crippen LogP contribution in [-0.4, -0.2) is 26.5 Å². The molecule has 2 aromatic rings. The van der Waals surface area contributed by atoms with E-state index in [-0.39, 0.29) is 11.6 Å². The van der Waals surface area contributed by atoms with Crippen LogP contribution in [0, 0.1) is 17.0 Å². The Morgan fingerprint density at radius 1 is 1.24 bits per heavy atom. The summed E-state index contributed by atoms with van der Waals surface area (Å²) in [5.74, 6) is 0.705. The molecule has 7 nitrogen and oxygen atoms in total. The third kappa shape index (κ3) is 5.42. The second-order valence-electron chi connectivity index (χ2n) is 5.29. The maximum absolute atomic E-state index is 12.2. The van der Waals surface area contributed by atoms with Gasteiger partial charge in [0.25, 0.3) is 5.69 Å². The molecule has 25 heavy (non-hydrogen) atoms. The van der Waals surface area contributed by atoms with Crippen LogP contribution in [-0.2, 0) is 10.0 Å². The number of hydrogen-bond donors (Lipinski definition) is 1. The zero-order chi connectivity index (χ0) is 18.4. The molecule has 0 spiro atoms. The van der Waals surface area contributed by atoms with Crippen molar-refractivity contribution >= 4 is 27.3 Å². The van der Waals surface area contributed by atoms with Gasteiger partial charge < -0.3 is 4.74 Å². The molecule has 0 bridgehead atoms. The first-order valence-corrected chi connectivity index (χ1v) is 9.29. The zero-order valence-corrected chi connectivity index (χ0v) is 15.0. The predicted molar refractivity (Wildman–Crippen MR) is 94.6 cm³/mol. The summed E-state index contributed by atoms with van der Waals surface area (Å²) in [6.45, 7) is 2.35. The van der Waals surface area contributed by atoms with Gasteiger partial charge in [0.15, 0.2) is 4.90 Å². The molecule has 9 heteroatoms. The van der Waals surface area contributed by atoms with Crippen LogP contribution in [0.25, 0.3) is 0 Å². The van der Waals surface area contributed by atoms with E-state index in [1.807, 2.05) is 31.2 Å². The summed E-state index contributed by atoms with van der Waals surface area (Å²) >= 11 is 5.69. The largest absolute Gasteiger partial charge is 0.494 e. The summed E-state index contributed by atoms with van der Waals surface area (Å²) in [6.07, 6.45) is 0.411. The first kappa shape index (κ1) is 19.2. The molecule has 0 saturated heterocycles. The Labute approximate surface area is 150 Å². The fourth-order valence-corrected chi connectivity index (χ4v) is 3.50. The van der Waals surface area contributed by atoms with E-state index in [9.17, 15) is 18.5 Å². The van der Waals surface area contributed by atoms with E-state index in [0.29, 0.717) is 18.8 Å². The van der Waals surface area contributed by atoms with E-state index >= 15 is 0 Å². The smallest absolute Gasteiger partial charge is 0.290 e. The second-order valence-corrected chi connectivity index (χ2v) is 7.46. The highest BCUT2D eigenvalue weighted by molar-refractivity contribution is 7.89. The van der Waals surface area contributed by atoms with Crippen molar-refractivity contribution in [1.82, 2.24) is 4.72 Å². The molecule has 0 fully saturated rings. The van der Waals surface area contributed by atoms with Gasteiger partial charge in [0.1, 0.15) is 5.75 Å². The molecule has 0 atom stereocenters. The fourth-order valence-electron chi connectivity index (χ4n) is 2.11. The van der Waals surface area contributed by atoms with Crippen LogP contribution >= 0.6 is 11.6 Å². The van der Waals surface area contributed by atoms with Gasteiger partial charge in [0.2, 0.25) is 10.0 Å². The lowest BCUT2D eigenvalue weighted by atomic mass is 10.2. The number of aryl methyl sites for hydroxylation is 1. The number of sulfonamides is 1. The highest BCUT2D eigenvalue weighted by Crippen LogP contribution is 2.26. The topological polar surface area (TPSA) is 98.5 Å². The highest BCUT2D eigenvalue weighted by Gasteiger charge is 2.25. The van der Waals surface area contributed by atoms with E-state index in [1.165, 1.54) is 6.07 Å². The molecular weight excluding hydrogens is 368 g/mol. The molecule has 1 N–H and O–H groups in total. The lowest BCUT2D eigenvalue weighted by Gasteiger charge is -2.09. The van der Waals surface area contributed by atoms with Crippen molar-refractivity contribution < 1.29 is 18.1 Å². The number of benzene rings is 2. The van der Waals surface area contributed by atoms with Crippen LogP contribution in [0.1, 0.15) is 12.0 Å². The minimum absolute atomic E-state index is 0.0912. The van der Waals surface area contributed by atoms with E-state index < -0.39 is 25.5 Å². The normalized spacial score (nSPS) is 11.3. The number of nitro groups is 1. The average molecular weight is 385 g/mol. The summed E-state index contributed by atoms with van der Waals surface area (Å²) in [6, 6.07) is 10.9. The minimum atomic E-state index is -4.01. The minimum Gasteiger partial charge on any atom is -0.494 e. The molecule has 134 valence electrons. The lowest BCUT2D eigenvalue weighted by molar-refractivity contribution is -0.387. The molecule has 0 heterocycles. The Morgan fingerprint density at radius 2 is 2.00 bits per heavy atom. The molecule has 0 radical (unpaired) electrons. The number of hydrogen-bond acceptors (Lipinski definition) is 5. The second kappa shape index (κ2) is 8.28. The maximum atomic E-state index is 12.2. The number of nitrogens with one attached hydrogen (secondary N) is 1. The van der Waals surface area contributed by atoms with Gasteiger partial charge in [-0.3, -0.25) is 10.1 Å². The number of halogens is 1. The molecule has 2 rings (SSSR count). The number of ether oxygens (including phenoxy) is 1. The first-order valence-electron chi connectivity index (χ1n) is 7.43. The van der Waals surface area contributed by atoms with Crippen molar-refractivity contribution in [3.63, 3.8) is 0 Å². The summed E-state index contributed by atoms with van der Waals surface area (Å²) < 4.78 is 32.4. The van der Waals surface area contributed by atoms with Crippen LogP contribution < -0.4 is 9.46 Å². The van der Waals surface area contributed by atoms with Crippen LogP contribution in [0.5, 0.6) is 5.75 Å². The van der Waals surface area contributed by atoms with Gasteiger partial charge in [0, 0.05) is 17.6 Å². The van der Waals surface area contributed by atoms with Crippen molar-refractivity contribution in [2.24, 2.45) is 0 Å². The van der Waals surface area contributed by atoms with Gasteiger partial charge in [-0.15, -0.1) is 0 Å². The zero-order valence-electron chi connectivity index (χ0n) is 13.4. The summed E-state index contributed by atoms with van der Waals surface area (Å²) in [5, 5.41) is 11.1. The van der Waals surface area contributed by atoms with E-state index in [2.05, 4.69) is 4.72 Å². The van der Waals surface area contributed by atoms with E-state index in [4.69, 9.17) is 16.3 Å². The molecule has 0 aliphatic rings. The molecular formula is C16H17ClN2O5S. The van der Waals surface area contributed by atoms with Gasteiger partial charge in [0.05, 0.1) is 11.5 Å². The number of nitrogens with zero attached hydrogens (tertiary/aromatic N) is 1. The Bertz CT molecular complexity index is 871. The molecule has 0 aromatic heterocycles. The Hall–Kier alpha value is -2.16. The van der Waals surface area contributed by atoms with Crippen molar-refractivity contribution in [3.05, 3.63) is 63.2 Å². The van der Waals surface area contributed by atoms with Gasteiger partial charge >= 0.3 is 0 Å². The standard InChI is InChI=1S/C16H17ClN2O5S/c1-12-4-2-5-14(10-12)24-9-3-8-18-25(22,23)16-7-6-13(17)11-15(16)19(20)21/h2,4-7,10-11,18H,3,8-9H2,1H3. The first-order chi connectivity index (χ1) is 11.8. The SMILES string of the molecule is Cc1cccc(OCCCNS(=O)(=O)c2ccc(Cl)cc2[N+](=O)[O-])c1. The predicted octanol–water partition coefficient (Wildman–Crippen LogP) is 3.30. The van der Waals surface area contributed by atoms with Crippen LogP contribution in [0.3, 0.4) is 0 Å². The number of nitro benzene ring substituents is 1. The van der Waals surface area contributed by atoms with Crippen molar-refractivity contribution in [1.29, 1.82) is 0 Å². The monoisotopic (exact) mass is 384 g/mol. The molecule has 0 amide bonds. The molecule has 0 aliphatic carbocycles. The lowest BCUT2D eigenvalue weighted by Crippen LogP contribution is -2.26. The number of rotatable bonds is 8. The third-order valence-electron chi connectivity index (χ3n) is 3.28. The van der Waals surface area contributed by atoms with Crippen LogP contribution in [0.15, 0.2) is 47.4 Å². The Kier molecular flexibility index (Phi) is 6.35. The molecule has 0 unspecified atom stereocenters. The average Bonchev–Trinajstić information content (AvgIpc) is 2.54. The van der Waals surface area contributed by atoms with Gasteiger partial charge in [-0.25, -0.2) is 13.1 Å². The van der Waals surface area contributed by atoms with Gasteiger partial charge in [-0.1, -0.05) is 23.7 Å². The highest BCUT2D eigenvalue weighted by atomic mass is 35.5. The quantitative estimate of drug-likeness (QED) is 0.427. The van der Waals surface area contributed by atoms with E-state index in [1.54, 1.807) is 0 Å². The third-order valence-corrected chi connectivity index (χ3v) is 5.02. The molecule has 2 aromatic carbocycles. The Morgan fingerprint density at radius 3 is 2.68 bits per heavy atom. The molecule has 0 saturated carbocycles. The fraction of sp³-hybridized carbons (Fsp3) is 0.250. The van der Waals surface area contributed by atoms with Crippen LogP contribution in [0.2, 0.25) is 5.02 Å². The van der Waals surface area contributed by atoms with Crippen molar-refractivity contribution in [2.45, 2.75) is 18.2 Å². The van der Waals surface area contributed by atoms with Crippen LogP contribution in [0.4, 0.5) is 5.69 Å². The maximum Gasteiger partial charge on any atom is 0.290 e. The van der Waals surface area contributed by atoms with Crippen molar-refractivity contribution in [2.75, 3.05) is 13.2 Å².